The quantitative estimate of drug-likeness (QED) is 0.689. The molecule has 74 valence electrons. The van der Waals surface area contributed by atoms with Crippen LogP contribution in [0.2, 0.25) is 0 Å². The number of halogens is 1. The molecule has 2 nitrogen and oxygen atoms in total. The Kier molecular flexibility index (Phi) is 3.85. The van der Waals surface area contributed by atoms with Crippen LogP contribution in [0.5, 0.6) is 0 Å². The lowest BCUT2D eigenvalue weighted by Crippen LogP contribution is -2.13. The molecule has 0 saturated heterocycles. The van der Waals surface area contributed by atoms with E-state index in [1.165, 1.54) is 6.08 Å². The summed E-state index contributed by atoms with van der Waals surface area (Å²) in [4.78, 5) is 10.7. The standard InChI is InChI=1S/C11H11FO2/c1-14-11(13)10(12)8-7-9-5-3-2-4-6-9/h2-8,10H,1H3/b8-7-/t10-/m0/s1. The van der Waals surface area contributed by atoms with Gasteiger partial charge in [-0.25, -0.2) is 9.18 Å². The van der Waals surface area contributed by atoms with E-state index in [4.69, 9.17) is 0 Å². The third kappa shape index (κ3) is 3.01. The molecule has 0 bridgehead atoms. The van der Waals surface area contributed by atoms with Crippen molar-refractivity contribution in [3.05, 3.63) is 42.0 Å². The van der Waals surface area contributed by atoms with E-state index in [2.05, 4.69) is 4.74 Å². The van der Waals surface area contributed by atoms with Crippen molar-refractivity contribution in [2.45, 2.75) is 6.17 Å². The Balaban J connectivity index is 2.60. The fraction of sp³-hybridized carbons (Fsp3) is 0.182. The van der Waals surface area contributed by atoms with Crippen molar-refractivity contribution in [2.24, 2.45) is 0 Å². The number of alkyl halides is 1. The van der Waals surface area contributed by atoms with E-state index in [0.29, 0.717) is 0 Å². The lowest BCUT2D eigenvalue weighted by molar-refractivity contribution is -0.144. The monoisotopic (exact) mass is 194 g/mol. The highest BCUT2D eigenvalue weighted by Gasteiger charge is 2.12. The Hall–Kier alpha value is -1.64. The maximum absolute atomic E-state index is 12.9. The third-order valence-corrected chi connectivity index (χ3v) is 1.68. The highest BCUT2D eigenvalue weighted by Crippen LogP contribution is 2.04. The van der Waals surface area contributed by atoms with Crippen LogP contribution in [-0.2, 0) is 9.53 Å². The Bertz CT molecular complexity index is 319. The first-order valence-corrected chi connectivity index (χ1v) is 4.19. The molecule has 0 heterocycles. The second-order valence-corrected chi connectivity index (χ2v) is 2.69. The predicted octanol–water partition coefficient (Wildman–Crippen LogP) is 2.21. The first kappa shape index (κ1) is 10.4. The molecule has 0 aliphatic rings. The summed E-state index contributed by atoms with van der Waals surface area (Å²) < 4.78 is 17.2. The van der Waals surface area contributed by atoms with Crippen LogP contribution < -0.4 is 0 Å². The summed E-state index contributed by atoms with van der Waals surface area (Å²) in [5, 5.41) is 0. The molecule has 0 aliphatic heterocycles. The third-order valence-electron chi connectivity index (χ3n) is 1.68. The number of rotatable bonds is 3. The summed E-state index contributed by atoms with van der Waals surface area (Å²) in [7, 11) is 1.16. The van der Waals surface area contributed by atoms with Gasteiger partial charge in [-0.2, -0.15) is 0 Å². The maximum atomic E-state index is 12.9. The molecule has 0 aliphatic carbocycles. The van der Waals surface area contributed by atoms with Crippen LogP contribution in [0.3, 0.4) is 0 Å². The number of esters is 1. The first-order chi connectivity index (χ1) is 6.74. The second-order valence-electron chi connectivity index (χ2n) is 2.69. The van der Waals surface area contributed by atoms with Crippen molar-refractivity contribution >= 4 is 12.0 Å². The van der Waals surface area contributed by atoms with Gasteiger partial charge in [-0.15, -0.1) is 0 Å². The summed E-state index contributed by atoms with van der Waals surface area (Å²) in [5.74, 6) is -0.878. The fourth-order valence-corrected chi connectivity index (χ4v) is 0.951. The zero-order valence-corrected chi connectivity index (χ0v) is 7.81. The van der Waals surface area contributed by atoms with Crippen molar-refractivity contribution in [1.82, 2.24) is 0 Å². The number of methoxy groups -OCH3 is 1. The van der Waals surface area contributed by atoms with Gasteiger partial charge in [-0.05, 0) is 11.6 Å². The summed E-state index contributed by atoms with van der Waals surface area (Å²) in [6.07, 6.45) is 1.02. The molecule has 14 heavy (non-hydrogen) atoms. The van der Waals surface area contributed by atoms with Gasteiger partial charge in [-0.3, -0.25) is 0 Å². The molecule has 0 saturated carbocycles. The molecular weight excluding hydrogens is 183 g/mol. The molecule has 1 aromatic carbocycles. The topological polar surface area (TPSA) is 26.3 Å². The predicted molar refractivity (Wildman–Crippen MR) is 52.4 cm³/mol. The molecule has 0 N–H and O–H groups in total. The van der Waals surface area contributed by atoms with E-state index >= 15 is 0 Å². The van der Waals surface area contributed by atoms with Gasteiger partial charge < -0.3 is 4.74 Å². The van der Waals surface area contributed by atoms with Crippen LogP contribution in [-0.4, -0.2) is 19.3 Å². The summed E-state index contributed by atoms with van der Waals surface area (Å²) in [6.45, 7) is 0. The van der Waals surface area contributed by atoms with Crippen molar-refractivity contribution < 1.29 is 13.9 Å². The van der Waals surface area contributed by atoms with E-state index in [0.717, 1.165) is 12.7 Å². The zero-order valence-electron chi connectivity index (χ0n) is 7.81. The van der Waals surface area contributed by atoms with Gasteiger partial charge in [0, 0.05) is 0 Å². The van der Waals surface area contributed by atoms with E-state index < -0.39 is 12.1 Å². The average molecular weight is 194 g/mol. The molecular formula is C11H11FO2. The minimum absolute atomic E-state index is 0.846. The molecule has 3 heteroatoms. The fourth-order valence-electron chi connectivity index (χ4n) is 0.951. The maximum Gasteiger partial charge on any atom is 0.344 e. The first-order valence-electron chi connectivity index (χ1n) is 4.19. The normalized spacial score (nSPS) is 12.7. The SMILES string of the molecule is COC(=O)[C@@H](F)/C=C\c1ccccc1. The van der Waals surface area contributed by atoms with Crippen LogP contribution in [0.25, 0.3) is 6.08 Å². The zero-order chi connectivity index (χ0) is 10.4. The van der Waals surface area contributed by atoms with Crippen molar-refractivity contribution in [3.63, 3.8) is 0 Å². The lowest BCUT2D eigenvalue weighted by atomic mass is 10.2. The number of carbonyl (C=O) groups excluding carboxylic acids is 1. The van der Waals surface area contributed by atoms with Crippen LogP contribution >= 0.6 is 0 Å². The molecule has 0 fully saturated rings. The average Bonchev–Trinajstić information content (AvgIpc) is 2.26. The van der Waals surface area contributed by atoms with Crippen LogP contribution in [0, 0.1) is 0 Å². The van der Waals surface area contributed by atoms with Gasteiger partial charge in [0.15, 0.2) is 0 Å². The smallest absolute Gasteiger partial charge is 0.344 e. The minimum Gasteiger partial charge on any atom is -0.467 e. The summed E-state index contributed by atoms with van der Waals surface area (Å²) in [5.41, 5.74) is 0.846. The largest absolute Gasteiger partial charge is 0.467 e. The molecule has 0 amide bonds. The van der Waals surface area contributed by atoms with Crippen LogP contribution in [0.1, 0.15) is 5.56 Å². The molecule has 1 aromatic rings. The summed E-state index contributed by atoms with van der Waals surface area (Å²) in [6, 6.07) is 9.18. The Morgan fingerprint density at radius 1 is 1.43 bits per heavy atom. The van der Waals surface area contributed by atoms with E-state index in [1.54, 1.807) is 6.08 Å². The molecule has 0 spiro atoms. The summed E-state index contributed by atoms with van der Waals surface area (Å²) >= 11 is 0. The lowest BCUT2D eigenvalue weighted by Gasteiger charge is -1.99. The number of ether oxygens (including phenoxy) is 1. The van der Waals surface area contributed by atoms with Crippen molar-refractivity contribution in [1.29, 1.82) is 0 Å². The van der Waals surface area contributed by atoms with Gasteiger partial charge in [0.1, 0.15) is 0 Å². The van der Waals surface area contributed by atoms with Gasteiger partial charge in [-0.1, -0.05) is 36.4 Å². The number of benzene rings is 1. The number of hydrogen-bond acceptors (Lipinski definition) is 2. The van der Waals surface area contributed by atoms with Crippen LogP contribution in [0.15, 0.2) is 36.4 Å². The molecule has 0 radical (unpaired) electrons. The van der Waals surface area contributed by atoms with Crippen LogP contribution in [0.4, 0.5) is 4.39 Å². The van der Waals surface area contributed by atoms with Gasteiger partial charge in [0.2, 0.25) is 6.17 Å². The van der Waals surface area contributed by atoms with Gasteiger partial charge >= 0.3 is 5.97 Å². The molecule has 0 unspecified atom stereocenters. The van der Waals surface area contributed by atoms with Gasteiger partial charge in [0.25, 0.3) is 0 Å². The molecule has 1 atom stereocenters. The highest BCUT2D eigenvalue weighted by molar-refractivity contribution is 5.77. The second kappa shape index (κ2) is 5.17. The minimum atomic E-state index is -1.69. The van der Waals surface area contributed by atoms with Crippen molar-refractivity contribution in [2.75, 3.05) is 7.11 Å². The Morgan fingerprint density at radius 3 is 2.64 bits per heavy atom. The van der Waals surface area contributed by atoms with E-state index in [-0.39, 0.29) is 0 Å². The van der Waals surface area contributed by atoms with Gasteiger partial charge in [0.05, 0.1) is 7.11 Å². The Morgan fingerprint density at radius 2 is 2.07 bits per heavy atom. The Labute approximate surface area is 82.0 Å². The van der Waals surface area contributed by atoms with E-state index in [1.807, 2.05) is 30.3 Å². The van der Waals surface area contributed by atoms with Crippen molar-refractivity contribution in [3.8, 4) is 0 Å². The van der Waals surface area contributed by atoms with E-state index in [9.17, 15) is 9.18 Å². The molecule has 1 rings (SSSR count). The number of carbonyl (C=O) groups is 1. The highest BCUT2D eigenvalue weighted by atomic mass is 19.1. The number of hydrogen-bond donors (Lipinski definition) is 0. The molecule has 0 aromatic heterocycles.